The Kier molecular flexibility index (Phi) is 4.57. The average Bonchev–Trinajstić information content (AvgIpc) is 2.52. The zero-order chi connectivity index (χ0) is 19.9. The number of nitrogens with zero attached hydrogens (tertiary/aromatic N) is 1. The number of sulfonamides is 1. The fourth-order valence-electron chi connectivity index (χ4n) is 2.34. The van der Waals surface area contributed by atoms with Gasteiger partial charge in [0.15, 0.2) is 0 Å². The Labute approximate surface area is 157 Å². The van der Waals surface area contributed by atoms with E-state index in [9.17, 15) is 27.8 Å². The van der Waals surface area contributed by atoms with E-state index >= 15 is 0 Å². The SMILES string of the molecule is CC(=O)Nc1cc(F)c(NC2=NS(=O)(=O)c3cc(Cl)cc(O)c3N2)cc1O. The maximum absolute atomic E-state index is 14.2. The molecule has 142 valence electrons. The lowest BCUT2D eigenvalue weighted by Crippen LogP contribution is -2.28. The minimum Gasteiger partial charge on any atom is -0.506 e. The van der Waals surface area contributed by atoms with Crippen LogP contribution in [0.5, 0.6) is 11.5 Å². The second-order valence-corrected chi connectivity index (χ2v) is 7.50. The monoisotopic (exact) mass is 414 g/mol. The van der Waals surface area contributed by atoms with Gasteiger partial charge in [-0.1, -0.05) is 11.6 Å². The van der Waals surface area contributed by atoms with E-state index in [1.807, 2.05) is 0 Å². The van der Waals surface area contributed by atoms with Gasteiger partial charge in [-0.05, 0) is 6.07 Å². The third-order valence-corrected chi connectivity index (χ3v) is 4.95. The molecule has 2 aromatic carbocycles. The normalized spacial score (nSPS) is 14.6. The summed E-state index contributed by atoms with van der Waals surface area (Å²) in [5, 5.41) is 26.9. The highest BCUT2D eigenvalue weighted by atomic mass is 35.5. The van der Waals surface area contributed by atoms with Gasteiger partial charge < -0.3 is 26.2 Å². The summed E-state index contributed by atoms with van der Waals surface area (Å²) >= 11 is 5.74. The van der Waals surface area contributed by atoms with Crippen LogP contribution in [-0.4, -0.2) is 30.5 Å². The molecule has 3 rings (SSSR count). The number of guanidine groups is 1. The Morgan fingerprint density at radius 1 is 1.19 bits per heavy atom. The number of hydrogen-bond donors (Lipinski definition) is 5. The van der Waals surface area contributed by atoms with Crippen LogP contribution in [0.3, 0.4) is 0 Å². The summed E-state index contributed by atoms with van der Waals surface area (Å²) in [5.74, 6) is -2.72. The Hall–Kier alpha value is -3.05. The van der Waals surface area contributed by atoms with Gasteiger partial charge in [-0.3, -0.25) is 4.79 Å². The van der Waals surface area contributed by atoms with E-state index in [1.54, 1.807) is 0 Å². The van der Waals surface area contributed by atoms with Crippen molar-refractivity contribution >= 4 is 50.6 Å². The molecule has 0 aromatic heterocycles. The second-order valence-electron chi connectivity index (χ2n) is 5.49. The third kappa shape index (κ3) is 3.73. The van der Waals surface area contributed by atoms with Gasteiger partial charge in [0.25, 0.3) is 10.0 Å². The largest absolute Gasteiger partial charge is 0.506 e. The third-order valence-electron chi connectivity index (χ3n) is 3.43. The average molecular weight is 415 g/mol. The fraction of sp³-hybridized carbons (Fsp3) is 0.0667. The first-order valence-electron chi connectivity index (χ1n) is 7.28. The molecular weight excluding hydrogens is 403 g/mol. The molecule has 5 N–H and O–H groups in total. The van der Waals surface area contributed by atoms with Crippen molar-refractivity contribution in [2.45, 2.75) is 11.8 Å². The molecule has 1 heterocycles. The van der Waals surface area contributed by atoms with Gasteiger partial charge in [-0.25, -0.2) is 4.39 Å². The van der Waals surface area contributed by atoms with Crippen molar-refractivity contribution in [1.29, 1.82) is 0 Å². The molecule has 0 fully saturated rings. The number of anilines is 3. The lowest BCUT2D eigenvalue weighted by atomic mass is 10.2. The predicted molar refractivity (Wildman–Crippen MR) is 97.4 cm³/mol. The van der Waals surface area contributed by atoms with Crippen molar-refractivity contribution < 1.29 is 27.8 Å². The zero-order valence-corrected chi connectivity index (χ0v) is 15.1. The molecule has 0 saturated heterocycles. The van der Waals surface area contributed by atoms with Crippen LogP contribution in [-0.2, 0) is 14.8 Å². The van der Waals surface area contributed by atoms with E-state index < -0.39 is 39.2 Å². The van der Waals surface area contributed by atoms with Crippen LogP contribution >= 0.6 is 11.6 Å². The van der Waals surface area contributed by atoms with Crippen molar-refractivity contribution in [3.63, 3.8) is 0 Å². The molecule has 0 radical (unpaired) electrons. The van der Waals surface area contributed by atoms with Gasteiger partial charge in [0, 0.05) is 30.1 Å². The first-order valence-corrected chi connectivity index (χ1v) is 9.10. The number of halogens is 2. The first-order chi connectivity index (χ1) is 12.6. The molecule has 0 spiro atoms. The predicted octanol–water partition coefficient (Wildman–Crippen LogP) is 2.43. The van der Waals surface area contributed by atoms with E-state index in [-0.39, 0.29) is 27.0 Å². The van der Waals surface area contributed by atoms with Crippen molar-refractivity contribution in [3.8, 4) is 11.5 Å². The number of carbonyl (C=O) groups excluding carboxylic acids is 1. The van der Waals surface area contributed by atoms with Crippen molar-refractivity contribution in [2.24, 2.45) is 4.40 Å². The molecule has 1 aliphatic rings. The summed E-state index contributed by atoms with van der Waals surface area (Å²) in [6.07, 6.45) is 0. The van der Waals surface area contributed by atoms with Crippen molar-refractivity contribution in [2.75, 3.05) is 16.0 Å². The van der Waals surface area contributed by atoms with E-state index in [1.165, 1.54) is 6.92 Å². The van der Waals surface area contributed by atoms with Gasteiger partial charge in [-0.15, -0.1) is 4.40 Å². The molecular formula is C15H12ClFN4O5S. The molecule has 0 unspecified atom stereocenters. The molecule has 12 heteroatoms. The highest BCUT2D eigenvalue weighted by molar-refractivity contribution is 7.90. The Balaban J connectivity index is 1.97. The van der Waals surface area contributed by atoms with Crippen molar-refractivity contribution in [1.82, 2.24) is 0 Å². The highest BCUT2D eigenvalue weighted by Gasteiger charge is 2.28. The standard InChI is InChI=1S/C15H12ClFN4O5S/c1-6(22)18-10-4-8(17)9(5-11(10)23)19-15-20-14-12(24)2-7(16)3-13(14)27(25,26)21-15/h2-5,23-24H,1H3,(H,18,22)(H2,19,20,21). The summed E-state index contributed by atoms with van der Waals surface area (Å²) in [6.45, 7) is 1.19. The smallest absolute Gasteiger partial charge is 0.287 e. The number of fused-ring (bicyclic) bond motifs is 1. The van der Waals surface area contributed by atoms with Crippen LogP contribution in [0.1, 0.15) is 6.92 Å². The molecule has 1 aliphatic heterocycles. The van der Waals surface area contributed by atoms with Crippen LogP contribution < -0.4 is 16.0 Å². The van der Waals surface area contributed by atoms with Crippen molar-refractivity contribution in [3.05, 3.63) is 35.1 Å². The highest BCUT2D eigenvalue weighted by Crippen LogP contribution is 2.38. The lowest BCUT2D eigenvalue weighted by Gasteiger charge is -2.20. The number of rotatable bonds is 2. The molecule has 0 atom stereocenters. The number of aromatic hydroxyl groups is 2. The van der Waals surface area contributed by atoms with Crippen LogP contribution in [0, 0.1) is 5.82 Å². The van der Waals surface area contributed by atoms with Crippen LogP contribution in [0.2, 0.25) is 5.02 Å². The minimum absolute atomic E-state index is 0.00670. The Morgan fingerprint density at radius 2 is 1.89 bits per heavy atom. The summed E-state index contributed by atoms with van der Waals surface area (Å²) < 4.78 is 42.2. The molecule has 2 aromatic rings. The maximum atomic E-state index is 14.2. The minimum atomic E-state index is -4.23. The zero-order valence-electron chi connectivity index (χ0n) is 13.5. The van der Waals surface area contributed by atoms with E-state index in [2.05, 4.69) is 20.3 Å². The Bertz CT molecular complexity index is 1100. The summed E-state index contributed by atoms with van der Waals surface area (Å²) in [4.78, 5) is 10.7. The van der Waals surface area contributed by atoms with Gasteiger partial charge in [0.05, 0.1) is 11.4 Å². The Morgan fingerprint density at radius 3 is 2.56 bits per heavy atom. The second kappa shape index (κ2) is 6.59. The maximum Gasteiger partial charge on any atom is 0.287 e. The van der Waals surface area contributed by atoms with Gasteiger partial charge in [-0.2, -0.15) is 8.42 Å². The molecule has 0 bridgehead atoms. The summed E-state index contributed by atoms with van der Waals surface area (Å²) in [7, 11) is -4.23. The first kappa shape index (κ1) is 18.7. The van der Waals surface area contributed by atoms with Crippen LogP contribution in [0.25, 0.3) is 0 Å². The number of amides is 1. The number of benzene rings is 2. The van der Waals surface area contributed by atoms with Crippen LogP contribution in [0.15, 0.2) is 33.6 Å². The number of phenolic OH excluding ortho intramolecular Hbond substituents is 2. The summed E-state index contributed by atoms with van der Waals surface area (Å²) in [6, 6.07) is 4.02. The fourth-order valence-corrected chi connectivity index (χ4v) is 3.73. The number of carbonyl (C=O) groups is 1. The van der Waals surface area contributed by atoms with E-state index in [0.29, 0.717) is 0 Å². The van der Waals surface area contributed by atoms with Gasteiger partial charge in [0.2, 0.25) is 11.9 Å². The van der Waals surface area contributed by atoms with Crippen LogP contribution in [0.4, 0.5) is 21.5 Å². The molecule has 0 saturated carbocycles. The lowest BCUT2D eigenvalue weighted by molar-refractivity contribution is -0.114. The molecule has 0 aliphatic carbocycles. The van der Waals surface area contributed by atoms with Gasteiger partial charge >= 0.3 is 0 Å². The van der Waals surface area contributed by atoms with Gasteiger partial charge in [0.1, 0.15) is 27.9 Å². The quantitative estimate of drug-likeness (QED) is 0.475. The topological polar surface area (TPSA) is 140 Å². The molecule has 27 heavy (non-hydrogen) atoms. The molecule has 9 nitrogen and oxygen atoms in total. The molecule has 1 amide bonds. The number of phenols is 2. The van der Waals surface area contributed by atoms with E-state index in [4.69, 9.17) is 11.6 Å². The number of nitrogens with one attached hydrogen (secondary N) is 3. The number of hydrogen-bond acceptors (Lipinski definition) is 7. The van der Waals surface area contributed by atoms with E-state index in [0.717, 1.165) is 24.3 Å². The summed E-state index contributed by atoms with van der Waals surface area (Å²) in [5.41, 5.74) is -0.661.